The van der Waals surface area contributed by atoms with Crippen LogP contribution in [0.15, 0.2) is 24.3 Å². The van der Waals surface area contributed by atoms with Crippen LogP contribution in [0.3, 0.4) is 0 Å². The third-order valence-corrected chi connectivity index (χ3v) is 4.57. The Hall–Kier alpha value is -2.12. The van der Waals surface area contributed by atoms with Crippen molar-refractivity contribution < 1.29 is 19.1 Å². The van der Waals surface area contributed by atoms with E-state index in [0.717, 1.165) is 12.8 Å². The van der Waals surface area contributed by atoms with Crippen LogP contribution >= 0.6 is 12.4 Å². The Balaban J connectivity index is 0.00000364. The van der Waals surface area contributed by atoms with Crippen LogP contribution in [0.25, 0.3) is 0 Å². The van der Waals surface area contributed by atoms with Gasteiger partial charge in [-0.3, -0.25) is 9.59 Å². The minimum absolute atomic E-state index is 0. The largest absolute Gasteiger partial charge is 0.467 e. The van der Waals surface area contributed by atoms with Gasteiger partial charge in [0.1, 0.15) is 6.04 Å². The van der Waals surface area contributed by atoms with Crippen LogP contribution in [0, 0.1) is 5.92 Å². The normalized spacial score (nSPS) is 17.4. The zero-order valence-electron chi connectivity index (χ0n) is 16.0. The minimum atomic E-state index is -0.546. The quantitative estimate of drug-likeness (QED) is 0.717. The number of carbonyl (C=O) groups is 3. The molecule has 0 saturated carbocycles. The third kappa shape index (κ3) is 5.94. The Kier molecular flexibility index (Phi) is 9.25. The van der Waals surface area contributed by atoms with Crippen LogP contribution in [0.5, 0.6) is 0 Å². The SMILES string of the molecule is CNCC(C)C(=O)Nc1cccc(C(=O)N2CCCCC2C(=O)OC)c1.Cl. The van der Waals surface area contributed by atoms with E-state index in [4.69, 9.17) is 4.74 Å². The number of methoxy groups -OCH3 is 1. The summed E-state index contributed by atoms with van der Waals surface area (Å²) in [4.78, 5) is 38.6. The smallest absolute Gasteiger partial charge is 0.328 e. The van der Waals surface area contributed by atoms with Crippen LogP contribution < -0.4 is 10.6 Å². The fourth-order valence-corrected chi connectivity index (χ4v) is 3.12. The second-order valence-electron chi connectivity index (χ2n) is 6.56. The zero-order valence-corrected chi connectivity index (χ0v) is 16.8. The lowest BCUT2D eigenvalue weighted by Gasteiger charge is -2.33. The number of hydrogen-bond donors (Lipinski definition) is 2. The Morgan fingerprint density at radius 2 is 2.04 bits per heavy atom. The molecular formula is C19H28ClN3O4. The summed E-state index contributed by atoms with van der Waals surface area (Å²) < 4.78 is 4.84. The topological polar surface area (TPSA) is 87.7 Å². The van der Waals surface area contributed by atoms with Crippen molar-refractivity contribution >= 4 is 35.9 Å². The molecule has 27 heavy (non-hydrogen) atoms. The highest BCUT2D eigenvalue weighted by molar-refractivity contribution is 5.99. The summed E-state index contributed by atoms with van der Waals surface area (Å²) in [5.41, 5.74) is 1.01. The van der Waals surface area contributed by atoms with Crippen LogP contribution in [0.2, 0.25) is 0 Å². The van der Waals surface area contributed by atoms with Crippen molar-refractivity contribution in [2.45, 2.75) is 32.2 Å². The van der Waals surface area contributed by atoms with Crippen molar-refractivity contribution in [1.29, 1.82) is 0 Å². The summed E-state index contributed by atoms with van der Waals surface area (Å²) >= 11 is 0. The van der Waals surface area contributed by atoms with E-state index in [1.54, 1.807) is 36.2 Å². The molecule has 0 aliphatic carbocycles. The van der Waals surface area contributed by atoms with E-state index in [9.17, 15) is 14.4 Å². The van der Waals surface area contributed by atoms with Gasteiger partial charge in [0, 0.05) is 30.3 Å². The van der Waals surface area contributed by atoms with E-state index in [2.05, 4.69) is 10.6 Å². The second kappa shape index (κ2) is 10.9. The lowest BCUT2D eigenvalue weighted by atomic mass is 10.0. The number of esters is 1. The first kappa shape index (κ1) is 22.9. The van der Waals surface area contributed by atoms with Crippen molar-refractivity contribution in [3.8, 4) is 0 Å². The first-order valence-corrected chi connectivity index (χ1v) is 8.92. The molecule has 8 heteroatoms. The summed E-state index contributed by atoms with van der Waals surface area (Å²) in [5, 5.41) is 5.79. The summed E-state index contributed by atoms with van der Waals surface area (Å²) in [7, 11) is 3.13. The average molecular weight is 398 g/mol. The van der Waals surface area contributed by atoms with Crippen LogP contribution in [0.4, 0.5) is 5.69 Å². The maximum atomic E-state index is 12.9. The monoisotopic (exact) mass is 397 g/mol. The van der Waals surface area contributed by atoms with Gasteiger partial charge >= 0.3 is 5.97 Å². The average Bonchev–Trinajstić information content (AvgIpc) is 2.67. The van der Waals surface area contributed by atoms with Gasteiger partial charge in [-0.25, -0.2) is 4.79 Å². The number of piperidine rings is 1. The third-order valence-electron chi connectivity index (χ3n) is 4.57. The highest BCUT2D eigenvalue weighted by Gasteiger charge is 2.33. The summed E-state index contributed by atoms with van der Waals surface area (Å²) in [6, 6.07) is 6.26. The molecule has 2 amide bonds. The molecule has 7 nitrogen and oxygen atoms in total. The van der Waals surface area contributed by atoms with E-state index >= 15 is 0 Å². The number of anilines is 1. The van der Waals surface area contributed by atoms with Gasteiger partial charge in [0.15, 0.2) is 0 Å². The predicted octanol–water partition coefficient (Wildman–Crippen LogP) is 2.07. The number of rotatable bonds is 6. The molecule has 0 aromatic heterocycles. The highest BCUT2D eigenvalue weighted by Crippen LogP contribution is 2.22. The van der Waals surface area contributed by atoms with Gasteiger partial charge in [-0.05, 0) is 44.5 Å². The standard InChI is InChI=1S/C19H27N3O4.ClH/c1-13(12-20-2)17(23)21-15-8-6-7-14(11-15)18(24)22-10-5-4-9-16(22)19(25)26-3;/h6-8,11,13,16,20H,4-5,9-10,12H2,1-3H3,(H,21,23);1H. The van der Waals surface area contributed by atoms with Gasteiger partial charge in [0.05, 0.1) is 7.11 Å². The molecule has 2 unspecified atom stereocenters. The Morgan fingerprint density at radius 1 is 1.30 bits per heavy atom. The first-order valence-electron chi connectivity index (χ1n) is 8.92. The number of benzene rings is 1. The van der Waals surface area contributed by atoms with Gasteiger partial charge < -0.3 is 20.3 Å². The molecule has 2 atom stereocenters. The van der Waals surface area contributed by atoms with Crippen LogP contribution in [-0.2, 0) is 14.3 Å². The number of amides is 2. The molecule has 0 bridgehead atoms. The lowest BCUT2D eigenvalue weighted by molar-refractivity contribution is -0.147. The molecule has 1 heterocycles. The van der Waals surface area contributed by atoms with E-state index in [1.807, 2.05) is 6.92 Å². The first-order chi connectivity index (χ1) is 12.5. The predicted molar refractivity (Wildman–Crippen MR) is 106 cm³/mol. The van der Waals surface area contributed by atoms with Crippen molar-refractivity contribution in [3.05, 3.63) is 29.8 Å². The Bertz CT molecular complexity index is 668. The summed E-state index contributed by atoms with van der Waals surface area (Å²) in [6.45, 7) is 2.92. The van der Waals surface area contributed by atoms with Gasteiger partial charge in [-0.15, -0.1) is 12.4 Å². The molecule has 0 spiro atoms. The summed E-state index contributed by atoms with van der Waals surface area (Å²) in [5.74, 6) is -0.914. The van der Waals surface area contributed by atoms with Gasteiger partial charge in [0.25, 0.3) is 5.91 Å². The zero-order chi connectivity index (χ0) is 19.1. The van der Waals surface area contributed by atoms with Gasteiger partial charge in [-0.1, -0.05) is 13.0 Å². The van der Waals surface area contributed by atoms with E-state index in [0.29, 0.717) is 30.8 Å². The lowest BCUT2D eigenvalue weighted by Crippen LogP contribution is -2.48. The highest BCUT2D eigenvalue weighted by atomic mass is 35.5. The molecule has 1 aromatic rings. The summed E-state index contributed by atoms with van der Waals surface area (Å²) in [6.07, 6.45) is 2.36. The molecule has 2 N–H and O–H groups in total. The number of nitrogens with zero attached hydrogens (tertiary/aromatic N) is 1. The number of likely N-dealkylation sites (tertiary alicyclic amines) is 1. The Morgan fingerprint density at radius 3 is 2.70 bits per heavy atom. The van der Waals surface area contributed by atoms with Crippen molar-refractivity contribution in [2.75, 3.05) is 32.6 Å². The number of nitrogens with one attached hydrogen (secondary N) is 2. The number of hydrogen-bond acceptors (Lipinski definition) is 5. The molecule has 1 aliphatic heterocycles. The van der Waals surface area contributed by atoms with Gasteiger partial charge in [0.2, 0.25) is 5.91 Å². The fraction of sp³-hybridized carbons (Fsp3) is 0.526. The molecule has 1 aromatic carbocycles. The van der Waals surface area contributed by atoms with Crippen LogP contribution in [-0.4, -0.2) is 56.0 Å². The van der Waals surface area contributed by atoms with E-state index in [1.165, 1.54) is 7.11 Å². The molecular weight excluding hydrogens is 370 g/mol. The van der Waals surface area contributed by atoms with Gasteiger partial charge in [-0.2, -0.15) is 0 Å². The maximum absolute atomic E-state index is 12.9. The molecule has 1 fully saturated rings. The van der Waals surface area contributed by atoms with Crippen molar-refractivity contribution in [1.82, 2.24) is 10.2 Å². The minimum Gasteiger partial charge on any atom is -0.467 e. The molecule has 1 saturated heterocycles. The number of carbonyl (C=O) groups excluding carboxylic acids is 3. The van der Waals surface area contributed by atoms with E-state index in [-0.39, 0.29) is 36.1 Å². The molecule has 1 aliphatic rings. The number of ether oxygens (including phenoxy) is 1. The van der Waals surface area contributed by atoms with Crippen molar-refractivity contribution in [3.63, 3.8) is 0 Å². The maximum Gasteiger partial charge on any atom is 0.328 e. The number of halogens is 1. The molecule has 2 rings (SSSR count). The van der Waals surface area contributed by atoms with E-state index < -0.39 is 6.04 Å². The van der Waals surface area contributed by atoms with Crippen LogP contribution in [0.1, 0.15) is 36.5 Å². The Labute approximate surface area is 166 Å². The molecule has 0 radical (unpaired) electrons. The van der Waals surface area contributed by atoms with Crippen molar-refractivity contribution in [2.24, 2.45) is 5.92 Å². The second-order valence-corrected chi connectivity index (χ2v) is 6.56. The molecule has 150 valence electrons. The fourth-order valence-electron chi connectivity index (χ4n) is 3.12.